The van der Waals surface area contributed by atoms with Gasteiger partial charge in [-0.05, 0) is 47.9 Å². The number of piperazine rings is 1. The number of nitrogens with two attached hydrogens (primary N) is 1. The van der Waals surface area contributed by atoms with Gasteiger partial charge in [0, 0.05) is 55.5 Å². The number of hydrogen-bond donors (Lipinski definition) is 2. The van der Waals surface area contributed by atoms with Crippen LogP contribution in [0.1, 0.15) is 38.7 Å². The smallest absolute Gasteiger partial charge is 0.338 e. The number of fused-ring (bicyclic) bond motifs is 1. The van der Waals surface area contributed by atoms with Crippen LogP contribution in [0.15, 0.2) is 53.8 Å². The second-order valence-electron chi connectivity index (χ2n) is 9.11. The molecule has 0 unspecified atom stereocenters. The highest BCUT2D eigenvalue weighted by molar-refractivity contribution is 7.90. The van der Waals surface area contributed by atoms with Crippen molar-refractivity contribution in [1.29, 1.82) is 0 Å². The van der Waals surface area contributed by atoms with E-state index in [4.69, 9.17) is 10.5 Å². The topological polar surface area (TPSA) is 128 Å². The first-order chi connectivity index (χ1) is 16.7. The number of carbonyl (C=O) groups is 1. The lowest BCUT2D eigenvalue weighted by atomic mass is 9.92. The third-order valence-electron chi connectivity index (χ3n) is 6.54. The molecule has 1 saturated heterocycles. The van der Waals surface area contributed by atoms with E-state index in [2.05, 4.69) is 20.2 Å². The fourth-order valence-corrected chi connectivity index (χ4v) is 5.29. The van der Waals surface area contributed by atoms with E-state index < -0.39 is 9.84 Å². The van der Waals surface area contributed by atoms with Crippen molar-refractivity contribution in [2.75, 3.05) is 19.3 Å². The van der Waals surface area contributed by atoms with Gasteiger partial charge in [0.05, 0.1) is 17.4 Å². The van der Waals surface area contributed by atoms with E-state index >= 15 is 0 Å². The minimum atomic E-state index is -3.34. The van der Waals surface area contributed by atoms with Gasteiger partial charge in [0.15, 0.2) is 14.9 Å². The number of benzene rings is 1. The highest BCUT2D eigenvalue weighted by atomic mass is 32.2. The Morgan fingerprint density at radius 2 is 1.94 bits per heavy atom. The number of pyridine rings is 2. The van der Waals surface area contributed by atoms with Crippen LogP contribution in [0.2, 0.25) is 0 Å². The summed E-state index contributed by atoms with van der Waals surface area (Å²) in [5.74, 6) is -0.261. The van der Waals surface area contributed by atoms with Crippen LogP contribution in [0.4, 0.5) is 0 Å². The number of nitrogens with one attached hydrogen (secondary N) is 1. The van der Waals surface area contributed by atoms with Gasteiger partial charge in [-0.2, -0.15) is 0 Å². The van der Waals surface area contributed by atoms with Crippen LogP contribution in [0.25, 0.3) is 11.3 Å². The molecule has 9 nitrogen and oxygen atoms in total. The summed E-state index contributed by atoms with van der Waals surface area (Å²) in [4.78, 5) is 22.8. The first kappa shape index (κ1) is 23.6. The lowest BCUT2D eigenvalue weighted by molar-refractivity contribution is 0.0535. The molecular formula is C25H27N5O4S. The molecule has 0 spiro atoms. The summed E-state index contributed by atoms with van der Waals surface area (Å²) in [6, 6.07) is 11.0. The van der Waals surface area contributed by atoms with Gasteiger partial charge in [0.1, 0.15) is 6.61 Å². The minimum Gasteiger partial charge on any atom is -0.457 e. The predicted molar refractivity (Wildman–Crippen MR) is 130 cm³/mol. The molecule has 3 N–H and O–H groups in total. The molecule has 10 heteroatoms. The Bertz CT molecular complexity index is 1370. The van der Waals surface area contributed by atoms with Crippen LogP contribution in [0, 0.1) is 6.92 Å². The van der Waals surface area contributed by atoms with Gasteiger partial charge in [-0.15, -0.1) is 0 Å². The Morgan fingerprint density at radius 1 is 1.11 bits per heavy atom. The zero-order valence-corrected chi connectivity index (χ0v) is 20.4. The van der Waals surface area contributed by atoms with Crippen molar-refractivity contribution in [2.24, 2.45) is 5.73 Å². The zero-order chi connectivity index (χ0) is 24.7. The van der Waals surface area contributed by atoms with Gasteiger partial charge < -0.3 is 10.5 Å². The van der Waals surface area contributed by atoms with Gasteiger partial charge >= 0.3 is 5.97 Å². The Labute approximate surface area is 204 Å². The van der Waals surface area contributed by atoms with Crippen molar-refractivity contribution in [1.82, 2.24) is 20.2 Å². The highest BCUT2D eigenvalue weighted by Gasteiger charge is 2.30. The van der Waals surface area contributed by atoms with Crippen molar-refractivity contribution in [3.63, 3.8) is 0 Å². The number of ether oxygens (including phenoxy) is 1. The molecule has 2 aliphatic rings. The maximum absolute atomic E-state index is 11.9. The number of rotatable bonds is 5. The number of aromatic nitrogens is 2. The summed E-state index contributed by atoms with van der Waals surface area (Å²) in [5, 5.41) is 3.52. The average Bonchev–Trinajstić information content (AvgIpc) is 3.20. The number of carbonyl (C=O) groups excluding carboxylic acids is 1. The number of cyclic esters (lactones) is 1. The van der Waals surface area contributed by atoms with Crippen molar-refractivity contribution in [3.05, 3.63) is 76.6 Å². The largest absolute Gasteiger partial charge is 0.457 e. The van der Waals surface area contributed by atoms with Gasteiger partial charge in [0.25, 0.3) is 0 Å². The molecule has 1 aromatic carbocycles. The Morgan fingerprint density at radius 3 is 2.63 bits per heavy atom. The zero-order valence-electron chi connectivity index (χ0n) is 19.6. The van der Waals surface area contributed by atoms with E-state index in [1.165, 1.54) is 12.3 Å². The van der Waals surface area contributed by atoms with E-state index in [0.29, 0.717) is 25.3 Å². The quantitative estimate of drug-likeness (QED) is 0.513. The molecule has 0 amide bonds. The second kappa shape index (κ2) is 9.12. The highest BCUT2D eigenvalue weighted by Crippen LogP contribution is 2.31. The normalized spacial score (nSPS) is 20.5. The summed E-state index contributed by atoms with van der Waals surface area (Å²) in [5.41, 5.74) is 12.7. The third kappa shape index (κ3) is 4.83. The van der Waals surface area contributed by atoms with Gasteiger partial charge in [-0.25, -0.2) is 18.2 Å². The molecule has 0 radical (unpaired) electrons. The van der Waals surface area contributed by atoms with Gasteiger partial charge in [-0.1, -0.05) is 12.1 Å². The Balaban J connectivity index is 1.29. The molecule has 0 aliphatic carbocycles. The summed E-state index contributed by atoms with van der Waals surface area (Å²) in [7, 11) is -3.34. The van der Waals surface area contributed by atoms with Crippen LogP contribution < -0.4 is 11.1 Å². The molecule has 35 heavy (non-hydrogen) atoms. The van der Waals surface area contributed by atoms with Crippen molar-refractivity contribution < 1.29 is 17.9 Å². The van der Waals surface area contributed by atoms with E-state index in [9.17, 15) is 13.2 Å². The van der Waals surface area contributed by atoms with Crippen LogP contribution in [-0.2, 0) is 27.7 Å². The molecule has 182 valence electrons. The fourth-order valence-electron chi connectivity index (χ4n) is 4.74. The van der Waals surface area contributed by atoms with Crippen molar-refractivity contribution in [3.8, 4) is 11.3 Å². The maximum Gasteiger partial charge on any atom is 0.338 e. The summed E-state index contributed by atoms with van der Waals surface area (Å²) in [6.45, 7) is 4.50. The van der Waals surface area contributed by atoms with Crippen LogP contribution in [-0.4, -0.2) is 54.8 Å². The van der Waals surface area contributed by atoms with Crippen LogP contribution in [0.5, 0.6) is 0 Å². The molecule has 4 heterocycles. The lowest BCUT2D eigenvalue weighted by Gasteiger charge is -2.38. The number of sulfone groups is 1. The fraction of sp³-hybridized carbons (Fsp3) is 0.320. The van der Waals surface area contributed by atoms with Gasteiger partial charge in [-0.3, -0.25) is 15.2 Å². The summed E-state index contributed by atoms with van der Waals surface area (Å²) < 4.78 is 28.4. The number of nitrogens with zero attached hydrogens (tertiary/aromatic N) is 3. The van der Waals surface area contributed by atoms with Crippen LogP contribution in [0.3, 0.4) is 0 Å². The van der Waals surface area contributed by atoms with Crippen molar-refractivity contribution >= 4 is 15.8 Å². The molecule has 3 aromatic rings. The molecule has 2 aliphatic heterocycles. The minimum absolute atomic E-state index is 0.0337. The standard InChI is InChI=1S/C25H27N5O4S/c1-15-18(5-6-19-20(15)14-34-25(19)31)22-12-30(13-23(26)29-22)11-16-3-7-21(27-9-16)17-4-8-24(28-10-17)35(2,32)33/h3-10,22-23,29H,11-14,26H2,1-2H3/t22-,23+/m0/s1. The Kier molecular flexibility index (Phi) is 6.14. The number of hydrogen-bond acceptors (Lipinski definition) is 9. The molecule has 1 fully saturated rings. The molecule has 0 bridgehead atoms. The van der Waals surface area contributed by atoms with E-state index in [1.54, 1.807) is 6.07 Å². The van der Waals surface area contributed by atoms with E-state index in [1.807, 2.05) is 37.4 Å². The summed E-state index contributed by atoms with van der Waals surface area (Å²) in [6.07, 6.45) is 4.29. The first-order valence-corrected chi connectivity index (χ1v) is 13.2. The summed E-state index contributed by atoms with van der Waals surface area (Å²) >= 11 is 0. The van der Waals surface area contributed by atoms with E-state index in [0.717, 1.165) is 46.3 Å². The third-order valence-corrected chi connectivity index (χ3v) is 7.54. The molecule has 0 saturated carbocycles. The van der Waals surface area contributed by atoms with Crippen molar-refractivity contribution in [2.45, 2.75) is 37.3 Å². The van der Waals surface area contributed by atoms with Gasteiger partial charge in [0.2, 0.25) is 0 Å². The Hall–Kier alpha value is -3.18. The average molecular weight is 494 g/mol. The SMILES string of the molecule is Cc1c([C@@H]2CN(Cc3ccc(-c4ccc(S(C)(=O)=O)nc4)nc3)C[C@H](N)N2)ccc2c1COC2=O. The molecule has 2 aromatic heterocycles. The maximum atomic E-state index is 11.9. The van der Waals surface area contributed by atoms with Crippen LogP contribution >= 0.6 is 0 Å². The van der Waals surface area contributed by atoms with E-state index in [-0.39, 0.29) is 23.2 Å². The number of esters is 1. The molecule has 5 rings (SSSR count). The first-order valence-electron chi connectivity index (χ1n) is 11.3. The molecule has 2 atom stereocenters. The predicted octanol–water partition coefficient (Wildman–Crippen LogP) is 1.96. The molecular weight excluding hydrogens is 466 g/mol. The second-order valence-corrected chi connectivity index (χ2v) is 11.1. The lowest BCUT2D eigenvalue weighted by Crippen LogP contribution is -2.56. The monoisotopic (exact) mass is 493 g/mol.